The van der Waals surface area contributed by atoms with Crippen LogP contribution in [0.1, 0.15) is 12.8 Å². The summed E-state index contributed by atoms with van der Waals surface area (Å²) in [5, 5.41) is 0. The summed E-state index contributed by atoms with van der Waals surface area (Å²) in [4.78, 5) is 44.0. The van der Waals surface area contributed by atoms with Crippen molar-refractivity contribution in [3.63, 3.8) is 0 Å². The van der Waals surface area contributed by atoms with Gasteiger partial charge in [0.1, 0.15) is 0 Å². The predicted molar refractivity (Wildman–Crippen MR) is 68.2 cm³/mol. The van der Waals surface area contributed by atoms with Gasteiger partial charge in [-0.2, -0.15) is 4.98 Å². The van der Waals surface area contributed by atoms with Gasteiger partial charge in [0.05, 0.1) is 0 Å². The van der Waals surface area contributed by atoms with Crippen LogP contribution >= 0.6 is 0 Å². The van der Waals surface area contributed by atoms with Gasteiger partial charge in [-0.3, -0.25) is 23.6 Å². The Balaban J connectivity index is 2.30. The Hall–Kier alpha value is -2.38. The summed E-state index contributed by atoms with van der Waals surface area (Å²) in [5.74, 6) is 0.302. The topological polar surface area (TPSA) is 93.0 Å². The number of nitrogens with one attached hydrogen (secondary N) is 1. The summed E-state index contributed by atoms with van der Waals surface area (Å²) in [5.41, 5.74) is -0.381. The maximum absolute atomic E-state index is 12.0. The minimum absolute atomic E-state index is 0.0270. The highest BCUT2D eigenvalue weighted by Gasteiger charge is 2.25. The van der Waals surface area contributed by atoms with E-state index in [1.807, 2.05) is 0 Å². The van der Waals surface area contributed by atoms with Crippen LogP contribution in [0.2, 0.25) is 0 Å². The lowest BCUT2D eigenvalue weighted by Gasteiger charge is -2.10. The van der Waals surface area contributed by atoms with E-state index in [0.29, 0.717) is 18.9 Å². The number of aromatic nitrogens is 4. The highest BCUT2D eigenvalue weighted by molar-refractivity contribution is 5.94. The molecule has 0 aromatic carbocycles. The van der Waals surface area contributed by atoms with E-state index in [9.17, 15) is 14.4 Å². The maximum Gasteiger partial charge on any atom is 0.332 e. The van der Waals surface area contributed by atoms with E-state index in [1.54, 1.807) is 7.05 Å². The van der Waals surface area contributed by atoms with E-state index in [1.165, 1.54) is 16.5 Å². The molecule has 2 aromatic heterocycles. The third kappa shape index (κ3) is 1.52. The van der Waals surface area contributed by atoms with Gasteiger partial charge in [-0.25, -0.2) is 4.79 Å². The summed E-state index contributed by atoms with van der Waals surface area (Å²) >= 11 is 0. The van der Waals surface area contributed by atoms with Gasteiger partial charge in [-0.1, -0.05) is 0 Å². The fourth-order valence-electron chi connectivity index (χ4n) is 2.31. The van der Waals surface area contributed by atoms with Crippen LogP contribution in [-0.2, 0) is 18.9 Å². The number of hydrogen-bond acceptors (Lipinski definition) is 4. The summed E-state index contributed by atoms with van der Waals surface area (Å²) < 4.78 is 2.30. The molecule has 19 heavy (non-hydrogen) atoms. The van der Waals surface area contributed by atoms with Gasteiger partial charge in [0, 0.05) is 27.1 Å². The molecule has 1 saturated heterocycles. The highest BCUT2D eigenvalue weighted by atomic mass is 16.2. The van der Waals surface area contributed by atoms with Crippen molar-refractivity contribution in [1.82, 2.24) is 19.1 Å². The number of amides is 1. The molecule has 1 N–H and O–H groups in total. The molecule has 2 aromatic rings. The average molecular weight is 263 g/mol. The first-order valence-electron chi connectivity index (χ1n) is 5.97. The molecule has 0 radical (unpaired) electrons. The van der Waals surface area contributed by atoms with Gasteiger partial charge in [0.2, 0.25) is 11.9 Å². The van der Waals surface area contributed by atoms with E-state index < -0.39 is 11.2 Å². The van der Waals surface area contributed by atoms with Crippen LogP contribution in [0.4, 0.5) is 5.95 Å². The molecule has 3 heterocycles. The molecule has 8 heteroatoms. The lowest BCUT2D eigenvalue weighted by atomic mass is 10.4. The Morgan fingerprint density at radius 1 is 1.16 bits per heavy atom. The van der Waals surface area contributed by atoms with Gasteiger partial charge in [-0.05, 0) is 6.42 Å². The largest absolute Gasteiger partial charge is 0.332 e. The van der Waals surface area contributed by atoms with Crippen molar-refractivity contribution in [2.24, 2.45) is 14.1 Å². The zero-order valence-corrected chi connectivity index (χ0v) is 10.6. The van der Waals surface area contributed by atoms with Gasteiger partial charge in [-0.15, -0.1) is 0 Å². The number of nitrogens with zero attached hydrogens (tertiary/aromatic N) is 4. The SMILES string of the molecule is Cn1c(=O)c2[nH]c(N3CCCC3=O)nc2n(C)c1=O. The second-order valence-corrected chi connectivity index (χ2v) is 4.61. The molecular weight excluding hydrogens is 250 g/mol. The first-order chi connectivity index (χ1) is 9.00. The van der Waals surface area contributed by atoms with E-state index in [4.69, 9.17) is 0 Å². The molecule has 0 bridgehead atoms. The van der Waals surface area contributed by atoms with E-state index in [0.717, 1.165) is 11.0 Å². The van der Waals surface area contributed by atoms with Crippen LogP contribution in [-0.4, -0.2) is 31.6 Å². The first-order valence-corrected chi connectivity index (χ1v) is 5.97. The molecule has 0 saturated carbocycles. The van der Waals surface area contributed by atoms with Crippen molar-refractivity contribution < 1.29 is 4.79 Å². The maximum atomic E-state index is 12.0. The molecule has 8 nitrogen and oxygen atoms in total. The van der Waals surface area contributed by atoms with Crippen LogP contribution in [0.3, 0.4) is 0 Å². The molecule has 100 valence electrons. The van der Waals surface area contributed by atoms with Crippen LogP contribution in [0.15, 0.2) is 9.59 Å². The molecule has 1 aliphatic heterocycles. The van der Waals surface area contributed by atoms with E-state index in [-0.39, 0.29) is 17.1 Å². The zero-order valence-electron chi connectivity index (χ0n) is 10.6. The van der Waals surface area contributed by atoms with Crippen LogP contribution < -0.4 is 16.1 Å². The first kappa shape index (κ1) is 11.7. The lowest BCUT2D eigenvalue weighted by Crippen LogP contribution is -2.36. The van der Waals surface area contributed by atoms with E-state index >= 15 is 0 Å². The minimum Gasteiger partial charge on any atom is -0.318 e. The predicted octanol–water partition coefficient (Wildman–Crippen LogP) is -0.913. The number of H-pyrrole nitrogens is 1. The molecule has 0 spiro atoms. The third-order valence-electron chi connectivity index (χ3n) is 3.41. The number of imidazole rings is 1. The van der Waals surface area contributed by atoms with E-state index in [2.05, 4.69) is 9.97 Å². The van der Waals surface area contributed by atoms with Crippen molar-refractivity contribution in [1.29, 1.82) is 0 Å². The number of rotatable bonds is 1. The zero-order chi connectivity index (χ0) is 13.7. The molecular formula is C11H13N5O3. The number of aryl methyl sites for hydroxylation is 1. The Morgan fingerprint density at radius 3 is 2.53 bits per heavy atom. The summed E-state index contributed by atoms with van der Waals surface area (Å²) in [6, 6.07) is 0. The van der Waals surface area contributed by atoms with Crippen LogP contribution in [0, 0.1) is 0 Å². The average Bonchev–Trinajstić information content (AvgIpc) is 2.99. The quantitative estimate of drug-likeness (QED) is 0.720. The third-order valence-corrected chi connectivity index (χ3v) is 3.41. The van der Waals surface area contributed by atoms with Crippen LogP contribution in [0.25, 0.3) is 11.2 Å². The second kappa shape index (κ2) is 3.81. The summed E-state index contributed by atoms with van der Waals surface area (Å²) in [6.07, 6.45) is 1.25. The van der Waals surface area contributed by atoms with Crippen molar-refractivity contribution in [2.45, 2.75) is 12.8 Å². The number of carbonyl (C=O) groups is 1. The standard InChI is InChI=1S/C11H13N5O3/c1-14-8-7(9(18)15(2)11(14)19)12-10(13-8)16-5-3-4-6(16)17/h3-5H2,1-2H3,(H,12,13). The molecule has 0 unspecified atom stereocenters. The van der Waals surface area contributed by atoms with Gasteiger partial charge >= 0.3 is 5.69 Å². The molecule has 0 atom stereocenters. The van der Waals surface area contributed by atoms with Crippen LogP contribution in [0.5, 0.6) is 0 Å². The van der Waals surface area contributed by atoms with Gasteiger partial charge in [0.25, 0.3) is 5.56 Å². The number of aromatic amines is 1. The molecule has 1 amide bonds. The van der Waals surface area contributed by atoms with Crippen molar-refractivity contribution in [2.75, 3.05) is 11.4 Å². The second-order valence-electron chi connectivity index (χ2n) is 4.61. The Morgan fingerprint density at radius 2 is 1.89 bits per heavy atom. The smallest absolute Gasteiger partial charge is 0.318 e. The minimum atomic E-state index is -0.441. The van der Waals surface area contributed by atoms with Crippen molar-refractivity contribution in [3.8, 4) is 0 Å². The Bertz CT molecular complexity index is 797. The number of anilines is 1. The van der Waals surface area contributed by atoms with Crippen molar-refractivity contribution in [3.05, 3.63) is 20.8 Å². The molecule has 0 aliphatic carbocycles. The Labute approximate surface area is 107 Å². The number of fused-ring (bicyclic) bond motifs is 1. The molecule has 1 fully saturated rings. The summed E-state index contributed by atoms with van der Waals surface area (Å²) in [7, 11) is 2.95. The normalized spacial score (nSPS) is 15.7. The Kier molecular flexibility index (Phi) is 2.34. The summed E-state index contributed by atoms with van der Waals surface area (Å²) in [6.45, 7) is 0.576. The number of hydrogen-bond donors (Lipinski definition) is 1. The fourth-order valence-corrected chi connectivity index (χ4v) is 2.31. The van der Waals surface area contributed by atoms with Gasteiger partial charge in [0.15, 0.2) is 11.2 Å². The fraction of sp³-hybridized carbons (Fsp3) is 0.455. The molecule has 3 rings (SSSR count). The monoisotopic (exact) mass is 263 g/mol. The van der Waals surface area contributed by atoms with Crippen molar-refractivity contribution >= 4 is 23.0 Å². The van der Waals surface area contributed by atoms with Gasteiger partial charge < -0.3 is 4.98 Å². The lowest BCUT2D eigenvalue weighted by molar-refractivity contribution is -0.117. The number of carbonyl (C=O) groups excluding carboxylic acids is 1. The highest BCUT2D eigenvalue weighted by Crippen LogP contribution is 2.19. The molecule has 1 aliphatic rings.